The Morgan fingerprint density at radius 3 is 2.28 bits per heavy atom. The second-order valence-corrected chi connectivity index (χ2v) is 7.80. The summed E-state index contributed by atoms with van der Waals surface area (Å²) < 4.78 is 5.26. The molecule has 1 N–H and O–H groups in total. The zero-order valence-electron chi connectivity index (χ0n) is 18.1. The van der Waals surface area contributed by atoms with Gasteiger partial charge in [-0.1, -0.05) is 60.7 Å². The van der Waals surface area contributed by atoms with Gasteiger partial charge in [-0.2, -0.15) is 0 Å². The van der Waals surface area contributed by atoms with Gasteiger partial charge in [0, 0.05) is 24.5 Å². The minimum atomic E-state index is -0.515. The minimum absolute atomic E-state index is 0.00409. The second kappa shape index (κ2) is 10.0. The van der Waals surface area contributed by atoms with Crippen LogP contribution in [-0.2, 0) is 11.3 Å². The zero-order valence-corrected chi connectivity index (χ0v) is 18.1. The van der Waals surface area contributed by atoms with Crippen LogP contribution in [0.1, 0.15) is 30.5 Å². The van der Waals surface area contributed by atoms with Crippen LogP contribution in [0.3, 0.4) is 0 Å². The molecule has 0 spiro atoms. The average Bonchev–Trinajstić information content (AvgIpc) is 2.84. The Morgan fingerprint density at radius 2 is 1.59 bits per heavy atom. The number of nitrogens with zero attached hydrogens (tertiary/aromatic N) is 2. The fourth-order valence-corrected chi connectivity index (χ4v) is 3.86. The van der Waals surface area contributed by atoms with Gasteiger partial charge in [0.2, 0.25) is 0 Å². The minimum Gasteiger partial charge on any atom is -0.444 e. The lowest BCUT2D eigenvalue weighted by molar-refractivity contribution is 0.155. The highest BCUT2D eigenvalue weighted by Gasteiger charge is 2.30. The van der Waals surface area contributed by atoms with Gasteiger partial charge in [0.15, 0.2) is 0 Å². The normalized spacial score (nSPS) is 14.7. The molecule has 1 unspecified atom stereocenters. The van der Waals surface area contributed by atoms with E-state index in [0.29, 0.717) is 12.2 Å². The summed E-state index contributed by atoms with van der Waals surface area (Å²) in [5.41, 5.74) is 3.47. The predicted molar refractivity (Wildman–Crippen MR) is 126 cm³/mol. The molecule has 1 fully saturated rings. The molecule has 1 aliphatic rings. The van der Waals surface area contributed by atoms with Crippen LogP contribution in [-0.4, -0.2) is 30.1 Å². The van der Waals surface area contributed by atoms with Crippen LogP contribution in [0.25, 0.3) is 0 Å². The predicted octanol–water partition coefficient (Wildman–Crippen LogP) is 5.83. The molecular weight excluding hydrogens is 402 g/mol. The number of hydrogen-bond acceptors (Lipinski definition) is 3. The van der Waals surface area contributed by atoms with Crippen LogP contribution in [0.15, 0.2) is 84.9 Å². The number of carbonyl (C=O) groups is 2. The first-order valence-electron chi connectivity index (χ1n) is 10.8. The third-order valence-corrected chi connectivity index (χ3v) is 5.64. The fourth-order valence-electron chi connectivity index (χ4n) is 3.86. The van der Waals surface area contributed by atoms with Gasteiger partial charge in [-0.3, -0.25) is 10.2 Å². The van der Waals surface area contributed by atoms with Crippen LogP contribution in [0, 0.1) is 0 Å². The van der Waals surface area contributed by atoms with Crippen molar-refractivity contribution in [3.63, 3.8) is 0 Å². The van der Waals surface area contributed by atoms with E-state index in [-0.39, 0.29) is 18.7 Å². The molecule has 6 heteroatoms. The number of carbonyl (C=O) groups excluding carboxylic acids is 2. The Kier molecular flexibility index (Phi) is 6.70. The van der Waals surface area contributed by atoms with Crippen molar-refractivity contribution < 1.29 is 14.3 Å². The van der Waals surface area contributed by atoms with Gasteiger partial charge >= 0.3 is 12.1 Å². The number of rotatable bonds is 6. The standard InChI is InChI=1S/C26H27N3O3/c1-20(22-11-6-3-7-12-22)28-17-8-18-29(26(28)31)24-15-13-23(14-16-24)27-25(30)32-19-21-9-4-2-5-10-21/h2-7,9-16,20H,8,17-19H2,1H3,(H,27,30). The SMILES string of the molecule is CC(c1ccccc1)N1CCCN(c2ccc(NC(=O)OCc3ccccc3)cc2)C1=O. The summed E-state index contributed by atoms with van der Waals surface area (Å²) in [6.45, 7) is 3.67. The van der Waals surface area contributed by atoms with Crippen molar-refractivity contribution in [2.75, 3.05) is 23.3 Å². The van der Waals surface area contributed by atoms with Crippen molar-refractivity contribution >= 4 is 23.5 Å². The summed E-state index contributed by atoms with van der Waals surface area (Å²) in [6, 6.07) is 26.9. The van der Waals surface area contributed by atoms with E-state index in [9.17, 15) is 9.59 Å². The van der Waals surface area contributed by atoms with E-state index >= 15 is 0 Å². The number of amides is 3. The molecule has 3 aromatic rings. The summed E-state index contributed by atoms with van der Waals surface area (Å²) in [7, 11) is 0. The van der Waals surface area contributed by atoms with Crippen molar-refractivity contribution in [3.05, 3.63) is 96.1 Å². The van der Waals surface area contributed by atoms with Crippen LogP contribution in [0.2, 0.25) is 0 Å². The maximum absolute atomic E-state index is 13.2. The molecule has 1 heterocycles. The van der Waals surface area contributed by atoms with Crippen LogP contribution < -0.4 is 10.2 Å². The van der Waals surface area contributed by atoms with Crippen molar-refractivity contribution in [1.82, 2.24) is 4.90 Å². The highest BCUT2D eigenvalue weighted by atomic mass is 16.5. The summed E-state index contributed by atoms with van der Waals surface area (Å²) >= 11 is 0. The van der Waals surface area contributed by atoms with Gasteiger partial charge in [0.05, 0.1) is 6.04 Å². The first-order valence-corrected chi connectivity index (χ1v) is 10.8. The molecule has 3 aromatic carbocycles. The molecule has 32 heavy (non-hydrogen) atoms. The lowest BCUT2D eigenvalue weighted by atomic mass is 10.1. The van der Waals surface area contributed by atoms with E-state index < -0.39 is 6.09 Å². The molecule has 1 atom stereocenters. The molecule has 0 aliphatic carbocycles. The van der Waals surface area contributed by atoms with Crippen LogP contribution in [0.4, 0.5) is 21.0 Å². The third kappa shape index (κ3) is 5.09. The molecule has 1 aliphatic heterocycles. The number of benzene rings is 3. The number of hydrogen-bond donors (Lipinski definition) is 1. The quantitative estimate of drug-likeness (QED) is 0.536. The maximum atomic E-state index is 13.2. The molecule has 0 radical (unpaired) electrons. The molecule has 0 aromatic heterocycles. The van der Waals surface area contributed by atoms with E-state index in [1.807, 2.05) is 77.7 Å². The molecule has 0 bridgehead atoms. The Labute approximate surface area is 188 Å². The van der Waals surface area contributed by atoms with Gasteiger partial charge in [-0.05, 0) is 48.7 Å². The largest absolute Gasteiger partial charge is 0.444 e. The molecule has 164 valence electrons. The smallest absolute Gasteiger partial charge is 0.411 e. The van der Waals surface area contributed by atoms with E-state index in [4.69, 9.17) is 4.74 Å². The molecule has 4 rings (SSSR count). The maximum Gasteiger partial charge on any atom is 0.411 e. The Morgan fingerprint density at radius 1 is 0.938 bits per heavy atom. The number of nitrogens with one attached hydrogen (secondary N) is 1. The summed E-state index contributed by atoms with van der Waals surface area (Å²) in [6.07, 6.45) is 0.382. The number of urea groups is 1. The third-order valence-electron chi connectivity index (χ3n) is 5.64. The van der Waals surface area contributed by atoms with E-state index in [1.54, 1.807) is 17.0 Å². The van der Waals surface area contributed by atoms with Gasteiger partial charge in [-0.15, -0.1) is 0 Å². The van der Waals surface area contributed by atoms with E-state index in [1.165, 1.54) is 0 Å². The second-order valence-electron chi connectivity index (χ2n) is 7.80. The fraction of sp³-hybridized carbons (Fsp3) is 0.231. The van der Waals surface area contributed by atoms with E-state index in [0.717, 1.165) is 29.8 Å². The average molecular weight is 430 g/mol. The van der Waals surface area contributed by atoms with Crippen molar-refractivity contribution in [2.24, 2.45) is 0 Å². The molecule has 1 saturated heterocycles. The summed E-state index contributed by atoms with van der Waals surface area (Å²) in [5, 5.41) is 2.73. The van der Waals surface area contributed by atoms with Gasteiger partial charge in [0.1, 0.15) is 6.61 Å². The van der Waals surface area contributed by atoms with Crippen LogP contribution in [0.5, 0.6) is 0 Å². The van der Waals surface area contributed by atoms with Gasteiger partial charge in [0.25, 0.3) is 0 Å². The highest BCUT2D eigenvalue weighted by molar-refractivity contribution is 5.93. The molecule has 3 amide bonds. The van der Waals surface area contributed by atoms with E-state index in [2.05, 4.69) is 12.2 Å². The summed E-state index contributed by atoms with van der Waals surface area (Å²) in [5.74, 6) is 0. The van der Waals surface area contributed by atoms with Crippen molar-refractivity contribution in [3.8, 4) is 0 Å². The molecule has 0 saturated carbocycles. The number of ether oxygens (including phenoxy) is 1. The Balaban J connectivity index is 1.36. The van der Waals surface area contributed by atoms with Crippen LogP contribution >= 0.6 is 0 Å². The Bertz CT molecular complexity index is 1040. The van der Waals surface area contributed by atoms with Gasteiger partial charge in [-0.25, -0.2) is 9.59 Å². The van der Waals surface area contributed by atoms with Crippen molar-refractivity contribution in [1.29, 1.82) is 0 Å². The first-order chi connectivity index (χ1) is 15.6. The monoisotopic (exact) mass is 429 g/mol. The Hall–Kier alpha value is -3.80. The highest BCUT2D eigenvalue weighted by Crippen LogP contribution is 2.28. The lowest BCUT2D eigenvalue weighted by Crippen LogP contribution is -2.50. The lowest BCUT2D eigenvalue weighted by Gasteiger charge is -2.39. The molecule has 6 nitrogen and oxygen atoms in total. The topological polar surface area (TPSA) is 61.9 Å². The summed E-state index contributed by atoms with van der Waals surface area (Å²) in [4.78, 5) is 29.0. The molecular formula is C26H27N3O3. The van der Waals surface area contributed by atoms with Crippen molar-refractivity contribution in [2.45, 2.75) is 26.0 Å². The van der Waals surface area contributed by atoms with Gasteiger partial charge < -0.3 is 9.64 Å². The number of anilines is 2. The first kappa shape index (κ1) is 21.4. The zero-order chi connectivity index (χ0) is 22.3.